The number of thiazole rings is 1. The van der Waals surface area contributed by atoms with Crippen molar-refractivity contribution in [2.45, 2.75) is 19.1 Å². The molecule has 1 aliphatic carbocycles. The summed E-state index contributed by atoms with van der Waals surface area (Å²) < 4.78 is 14.0. The summed E-state index contributed by atoms with van der Waals surface area (Å²) in [5, 5.41) is 22.5. The minimum atomic E-state index is -1.20. The van der Waals surface area contributed by atoms with Gasteiger partial charge in [0.05, 0.1) is 9.48 Å². The molecular formula is C21H20BrFN2O2S. The molecule has 4 rings (SSSR count). The molecule has 0 saturated heterocycles. The van der Waals surface area contributed by atoms with Crippen molar-refractivity contribution in [3.8, 4) is 22.4 Å². The number of hydrogen-bond acceptors (Lipinski definition) is 5. The van der Waals surface area contributed by atoms with E-state index in [1.54, 1.807) is 23.5 Å². The van der Waals surface area contributed by atoms with Gasteiger partial charge >= 0.3 is 0 Å². The number of rotatable bonds is 6. The quantitative estimate of drug-likeness (QED) is 0.444. The number of hydrogen-bond donors (Lipinski definition) is 3. The fraction of sp³-hybridized carbons (Fsp3) is 0.286. The number of aliphatic hydroxyl groups excluding tert-OH is 1. The molecule has 1 aromatic heterocycles. The molecule has 3 N–H and O–H groups in total. The first kappa shape index (κ1) is 19.5. The zero-order valence-electron chi connectivity index (χ0n) is 15.0. The first-order valence-corrected chi connectivity index (χ1v) is 10.7. The van der Waals surface area contributed by atoms with Crippen LogP contribution in [0.1, 0.15) is 12.8 Å². The molecule has 146 valence electrons. The molecule has 1 fully saturated rings. The summed E-state index contributed by atoms with van der Waals surface area (Å²) in [5.41, 5.74) is 3.89. The van der Waals surface area contributed by atoms with Gasteiger partial charge in [-0.25, -0.2) is 9.37 Å². The minimum absolute atomic E-state index is 0.00464. The molecule has 1 saturated carbocycles. The van der Waals surface area contributed by atoms with Crippen molar-refractivity contribution in [1.29, 1.82) is 0 Å². The lowest BCUT2D eigenvalue weighted by atomic mass is 9.74. The van der Waals surface area contributed by atoms with E-state index in [0.29, 0.717) is 5.92 Å². The average molecular weight is 463 g/mol. The van der Waals surface area contributed by atoms with Crippen molar-refractivity contribution in [1.82, 2.24) is 4.98 Å². The monoisotopic (exact) mass is 462 g/mol. The lowest BCUT2D eigenvalue weighted by Crippen LogP contribution is -2.36. The van der Waals surface area contributed by atoms with E-state index in [1.807, 2.05) is 24.3 Å². The Hall–Kier alpha value is -1.80. The number of aliphatic hydroxyl groups is 2. The van der Waals surface area contributed by atoms with Crippen LogP contribution in [-0.4, -0.2) is 28.0 Å². The van der Waals surface area contributed by atoms with E-state index in [0.717, 1.165) is 50.7 Å². The molecule has 2 aromatic carbocycles. The van der Waals surface area contributed by atoms with Gasteiger partial charge in [-0.05, 0) is 57.9 Å². The van der Waals surface area contributed by atoms with Crippen LogP contribution in [0.2, 0.25) is 0 Å². The van der Waals surface area contributed by atoms with Crippen LogP contribution in [0.5, 0.6) is 0 Å². The summed E-state index contributed by atoms with van der Waals surface area (Å²) >= 11 is 5.15. The highest BCUT2D eigenvalue weighted by Crippen LogP contribution is 2.38. The maximum Gasteiger partial charge on any atom is 0.184 e. The number of benzene rings is 2. The van der Waals surface area contributed by atoms with Crippen LogP contribution in [0.25, 0.3) is 22.4 Å². The summed E-state index contributed by atoms with van der Waals surface area (Å²) in [5.74, 6) is 0.217. The highest BCUT2D eigenvalue weighted by molar-refractivity contribution is 9.11. The smallest absolute Gasteiger partial charge is 0.184 e. The topological polar surface area (TPSA) is 65.4 Å². The van der Waals surface area contributed by atoms with Gasteiger partial charge in [0.15, 0.2) is 11.4 Å². The molecule has 0 bridgehead atoms. The third-order valence-corrected chi connectivity index (χ3v) is 6.82. The van der Waals surface area contributed by atoms with E-state index < -0.39 is 6.29 Å². The summed E-state index contributed by atoms with van der Waals surface area (Å²) in [6.07, 6.45) is 0.457. The van der Waals surface area contributed by atoms with Crippen LogP contribution < -0.4 is 5.32 Å². The Labute approximate surface area is 175 Å². The molecule has 0 spiro atoms. The number of nitrogens with one attached hydrogen (secondary N) is 1. The summed E-state index contributed by atoms with van der Waals surface area (Å²) in [7, 11) is 0. The Morgan fingerprint density at radius 2 is 1.61 bits per heavy atom. The Kier molecular flexibility index (Phi) is 5.78. The van der Waals surface area contributed by atoms with Crippen molar-refractivity contribution < 1.29 is 14.6 Å². The number of anilines is 1. The van der Waals surface area contributed by atoms with Crippen molar-refractivity contribution in [3.63, 3.8) is 0 Å². The molecule has 1 aliphatic rings. The largest absolute Gasteiger partial charge is 0.368 e. The van der Waals surface area contributed by atoms with Crippen LogP contribution in [-0.2, 0) is 0 Å². The van der Waals surface area contributed by atoms with Gasteiger partial charge in [0, 0.05) is 18.0 Å². The fourth-order valence-corrected chi connectivity index (χ4v) is 4.95. The first-order valence-electron chi connectivity index (χ1n) is 9.12. The third kappa shape index (κ3) is 4.27. The Morgan fingerprint density at radius 1 is 1.04 bits per heavy atom. The van der Waals surface area contributed by atoms with Gasteiger partial charge < -0.3 is 15.5 Å². The SMILES string of the molecule is OC(O)C1CC(CNc2nc(-c3ccc(-c4ccc(F)cc4)cc3)c(Br)s2)C1. The normalized spacial score (nSPS) is 18.9. The van der Waals surface area contributed by atoms with Gasteiger partial charge in [-0.15, -0.1) is 0 Å². The summed E-state index contributed by atoms with van der Waals surface area (Å²) in [6, 6.07) is 14.5. The zero-order valence-corrected chi connectivity index (χ0v) is 17.4. The van der Waals surface area contributed by atoms with Crippen molar-refractivity contribution >= 4 is 32.4 Å². The molecule has 0 unspecified atom stereocenters. The Balaban J connectivity index is 1.41. The molecule has 0 atom stereocenters. The Morgan fingerprint density at radius 3 is 2.21 bits per heavy atom. The third-order valence-electron chi connectivity index (χ3n) is 5.16. The van der Waals surface area contributed by atoms with Gasteiger partial charge in [0.2, 0.25) is 0 Å². The number of nitrogens with zero attached hydrogens (tertiary/aromatic N) is 1. The number of halogens is 2. The predicted octanol–water partition coefficient (Wildman–Crippen LogP) is 5.13. The van der Waals surface area contributed by atoms with E-state index in [9.17, 15) is 4.39 Å². The van der Waals surface area contributed by atoms with Crippen molar-refractivity contribution in [2.75, 3.05) is 11.9 Å². The second-order valence-electron chi connectivity index (χ2n) is 7.12. The van der Waals surface area contributed by atoms with Gasteiger partial charge in [-0.3, -0.25) is 0 Å². The van der Waals surface area contributed by atoms with E-state index in [2.05, 4.69) is 21.2 Å². The maximum absolute atomic E-state index is 13.1. The van der Waals surface area contributed by atoms with Crippen LogP contribution in [0.15, 0.2) is 52.3 Å². The van der Waals surface area contributed by atoms with Crippen LogP contribution in [0, 0.1) is 17.7 Å². The molecule has 7 heteroatoms. The highest BCUT2D eigenvalue weighted by atomic mass is 79.9. The van der Waals surface area contributed by atoms with Crippen LogP contribution in [0.4, 0.5) is 9.52 Å². The van der Waals surface area contributed by atoms with Gasteiger partial charge in [0.25, 0.3) is 0 Å². The molecular weight excluding hydrogens is 443 g/mol. The van der Waals surface area contributed by atoms with Crippen LogP contribution >= 0.6 is 27.3 Å². The maximum atomic E-state index is 13.1. The number of aromatic nitrogens is 1. The molecule has 3 aromatic rings. The fourth-order valence-electron chi connectivity index (χ4n) is 3.45. The predicted molar refractivity (Wildman–Crippen MR) is 114 cm³/mol. The van der Waals surface area contributed by atoms with Crippen molar-refractivity contribution in [2.24, 2.45) is 11.8 Å². The van der Waals surface area contributed by atoms with Crippen molar-refractivity contribution in [3.05, 3.63) is 58.1 Å². The molecule has 28 heavy (non-hydrogen) atoms. The van der Waals surface area contributed by atoms with E-state index >= 15 is 0 Å². The standard InChI is InChI=1S/C21H20BrFN2O2S/c22-19-18(25-21(28-19)24-11-12-9-16(10-12)20(26)27)15-3-1-13(2-4-15)14-5-7-17(23)8-6-14/h1-8,12,16,20,26-27H,9-11H2,(H,24,25). The lowest BCUT2D eigenvalue weighted by Gasteiger charge is -2.36. The average Bonchev–Trinajstić information content (AvgIpc) is 3.01. The molecule has 0 radical (unpaired) electrons. The minimum Gasteiger partial charge on any atom is -0.368 e. The molecule has 1 heterocycles. The lowest BCUT2D eigenvalue weighted by molar-refractivity contribution is -0.118. The van der Waals surface area contributed by atoms with Crippen LogP contribution in [0.3, 0.4) is 0 Å². The zero-order chi connectivity index (χ0) is 19.7. The first-order chi connectivity index (χ1) is 13.5. The van der Waals surface area contributed by atoms with Gasteiger partial charge in [-0.2, -0.15) is 0 Å². The summed E-state index contributed by atoms with van der Waals surface area (Å²) in [6.45, 7) is 0.784. The van der Waals surface area contributed by atoms with Gasteiger partial charge in [-0.1, -0.05) is 47.7 Å². The Bertz CT molecular complexity index is 938. The van der Waals surface area contributed by atoms with E-state index in [-0.39, 0.29) is 11.7 Å². The summed E-state index contributed by atoms with van der Waals surface area (Å²) in [4.78, 5) is 4.69. The van der Waals surface area contributed by atoms with E-state index in [4.69, 9.17) is 15.2 Å². The second-order valence-corrected chi connectivity index (χ2v) is 9.43. The molecule has 0 aliphatic heterocycles. The highest BCUT2D eigenvalue weighted by Gasteiger charge is 2.33. The second kappa shape index (κ2) is 8.29. The molecule has 0 amide bonds. The van der Waals surface area contributed by atoms with E-state index in [1.165, 1.54) is 12.1 Å². The van der Waals surface area contributed by atoms with Gasteiger partial charge in [0.1, 0.15) is 5.82 Å². The molecule has 4 nitrogen and oxygen atoms in total.